The van der Waals surface area contributed by atoms with Gasteiger partial charge in [-0.15, -0.1) is 0 Å². The van der Waals surface area contributed by atoms with Gasteiger partial charge in [-0.25, -0.2) is 9.18 Å². The van der Waals surface area contributed by atoms with Gasteiger partial charge in [0.05, 0.1) is 0 Å². The van der Waals surface area contributed by atoms with Crippen molar-refractivity contribution >= 4 is 14.3 Å². The Morgan fingerprint density at radius 2 is 1.84 bits per heavy atom. The van der Waals surface area contributed by atoms with Gasteiger partial charge in [-0.2, -0.15) is 0 Å². The maximum absolute atomic E-state index is 14.7. The lowest BCUT2D eigenvalue weighted by molar-refractivity contribution is -0.147. The minimum Gasteiger partial charge on any atom is -0.482 e. The second-order valence-corrected chi connectivity index (χ2v) is 14.6. The van der Waals surface area contributed by atoms with Crippen molar-refractivity contribution in [1.82, 2.24) is 0 Å². The lowest BCUT2D eigenvalue weighted by Crippen LogP contribution is -2.42. The smallest absolute Gasteiger partial charge is 0.344 e. The molecule has 0 heterocycles. The zero-order valence-corrected chi connectivity index (χ0v) is 20.2. The van der Waals surface area contributed by atoms with Crippen molar-refractivity contribution in [1.29, 1.82) is 0 Å². The van der Waals surface area contributed by atoms with Gasteiger partial charge in [-0.1, -0.05) is 51.1 Å². The summed E-state index contributed by atoms with van der Waals surface area (Å²) in [6.45, 7) is 11.7. The third-order valence-electron chi connectivity index (χ3n) is 6.35. The maximum atomic E-state index is 14.7. The number of ether oxygens (including phenoxy) is 2. The highest BCUT2D eigenvalue weighted by atomic mass is 28.4. The van der Waals surface area contributed by atoms with E-state index in [4.69, 9.17) is 13.9 Å². The van der Waals surface area contributed by atoms with Gasteiger partial charge in [-0.05, 0) is 59.6 Å². The van der Waals surface area contributed by atoms with Gasteiger partial charge < -0.3 is 13.9 Å². The second kappa shape index (κ2) is 9.53. The summed E-state index contributed by atoms with van der Waals surface area (Å²) >= 11 is 0. The summed E-state index contributed by atoms with van der Waals surface area (Å²) < 4.78 is 31.7. The van der Waals surface area contributed by atoms with E-state index in [2.05, 4.69) is 33.9 Å². The van der Waals surface area contributed by atoms with Crippen LogP contribution in [0.2, 0.25) is 18.1 Å². The van der Waals surface area contributed by atoms with Gasteiger partial charge in [0.2, 0.25) is 0 Å². The summed E-state index contributed by atoms with van der Waals surface area (Å²) in [7, 11) is -1.83. The van der Waals surface area contributed by atoms with Gasteiger partial charge in [0.1, 0.15) is 18.2 Å². The van der Waals surface area contributed by atoms with E-state index >= 15 is 0 Å². The molecule has 0 spiro atoms. The first kappa shape index (κ1) is 23.5. The molecule has 0 fully saturated rings. The number of fused-ring (bicyclic) bond motifs is 1. The molecule has 3 rings (SSSR count). The van der Waals surface area contributed by atoms with Crippen molar-refractivity contribution < 1.29 is 23.1 Å². The number of carbonyl (C=O) groups excluding carboxylic acids is 1. The Hall–Kier alpha value is -2.18. The van der Waals surface area contributed by atoms with E-state index in [0.717, 1.165) is 23.1 Å². The predicted molar refractivity (Wildman–Crippen MR) is 122 cm³/mol. The molecule has 1 aliphatic rings. The minimum absolute atomic E-state index is 0.153. The van der Waals surface area contributed by atoms with Crippen molar-refractivity contribution in [2.24, 2.45) is 5.92 Å². The SMILES string of the molecule is CC(C)(C)[Si](C)(C)OCC1Cc2cc(OCC(=O)OCc3ccccc3)cc(F)c2C1. The number of hydrogen-bond donors (Lipinski definition) is 0. The highest BCUT2D eigenvalue weighted by molar-refractivity contribution is 6.74. The first-order valence-electron chi connectivity index (χ1n) is 10.8. The summed E-state index contributed by atoms with van der Waals surface area (Å²) in [5.74, 6) is -0.131. The first-order valence-corrected chi connectivity index (χ1v) is 13.7. The zero-order valence-electron chi connectivity index (χ0n) is 19.2. The van der Waals surface area contributed by atoms with Gasteiger partial charge >= 0.3 is 5.97 Å². The lowest BCUT2D eigenvalue weighted by Gasteiger charge is -2.37. The molecular formula is C25H33FO4Si. The van der Waals surface area contributed by atoms with E-state index in [1.807, 2.05) is 36.4 Å². The maximum Gasteiger partial charge on any atom is 0.344 e. The molecule has 168 valence electrons. The van der Waals surface area contributed by atoms with Gasteiger partial charge in [-0.3, -0.25) is 0 Å². The summed E-state index contributed by atoms with van der Waals surface area (Å²) in [5.41, 5.74) is 2.59. The van der Waals surface area contributed by atoms with Crippen LogP contribution in [0.3, 0.4) is 0 Å². The summed E-state index contributed by atoms with van der Waals surface area (Å²) in [5, 5.41) is 0.153. The molecule has 1 unspecified atom stereocenters. The van der Waals surface area contributed by atoms with Crippen LogP contribution in [0.25, 0.3) is 0 Å². The van der Waals surface area contributed by atoms with Crippen LogP contribution < -0.4 is 4.74 Å². The molecule has 0 saturated carbocycles. The molecule has 0 aliphatic heterocycles. The van der Waals surface area contributed by atoms with Crippen molar-refractivity contribution in [3.63, 3.8) is 0 Å². The van der Waals surface area contributed by atoms with E-state index in [-0.39, 0.29) is 30.0 Å². The van der Waals surface area contributed by atoms with E-state index < -0.39 is 14.3 Å². The minimum atomic E-state index is -1.83. The fourth-order valence-electron chi connectivity index (χ4n) is 3.41. The van der Waals surface area contributed by atoms with Crippen LogP contribution in [-0.2, 0) is 33.4 Å². The molecule has 0 aromatic heterocycles. The van der Waals surface area contributed by atoms with Crippen LogP contribution in [0.15, 0.2) is 42.5 Å². The highest BCUT2D eigenvalue weighted by Crippen LogP contribution is 2.38. The van der Waals surface area contributed by atoms with Crippen LogP contribution >= 0.6 is 0 Å². The van der Waals surface area contributed by atoms with Crippen LogP contribution in [0.1, 0.15) is 37.5 Å². The Balaban J connectivity index is 1.52. The molecule has 2 aromatic carbocycles. The Labute approximate surface area is 185 Å². The Morgan fingerprint density at radius 3 is 2.52 bits per heavy atom. The van der Waals surface area contributed by atoms with Crippen LogP contribution in [0.4, 0.5) is 4.39 Å². The Bertz CT molecular complexity index is 906. The molecule has 0 radical (unpaired) electrons. The molecule has 0 saturated heterocycles. The largest absolute Gasteiger partial charge is 0.482 e. The van der Waals surface area contributed by atoms with E-state index in [1.54, 1.807) is 0 Å². The van der Waals surface area contributed by atoms with Crippen LogP contribution in [0.5, 0.6) is 5.75 Å². The first-order chi connectivity index (χ1) is 14.5. The number of halogens is 1. The van der Waals surface area contributed by atoms with Crippen LogP contribution in [-0.4, -0.2) is 27.5 Å². The third-order valence-corrected chi connectivity index (χ3v) is 10.8. The van der Waals surface area contributed by atoms with Gasteiger partial charge in [0.25, 0.3) is 0 Å². The van der Waals surface area contributed by atoms with Gasteiger partial charge in [0.15, 0.2) is 14.9 Å². The van der Waals surface area contributed by atoms with Crippen molar-refractivity contribution in [3.05, 3.63) is 65.0 Å². The number of benzene rings is 2. The monoisotopic (exact) mass is 444 g/mol. The van der Waals surface area contributed by atoms with Crippen molar-refractivity contribution in [2.75, 3.05) is 13.2 Å². The number of rotatable bonds is 8. The Morgan fingerprint density at radius 1 is 1.13 bits per heavy atom. The van der Waals surface area contributed by atoms with E-state index in [9.17, 15) is 9.18 Å². The molecule has 31 heavy (non-hydrogen) atoms. The van der Waals surface area contributed by atoms with E-state index in [0.29, 0.717) is 18.8 Å². The summed E-state index contributed by atoms with van der Waals surface area (Å²) in [6, 6.07) is 12.6. The molecule has 4 nitrogen and oxygen atoms in total. The molecular weight excluding hydrogens is 411 g/mol. The average Bonchev–Trinajstić information content (AvgIpc) is 3.13. The van der Waals surface area contributed by atoms with Crippen molar-refractivity contribution in [3.8, 4) is 5.75 Å². The lowest BCUT2D eigenvalue weighted by atomic mass is 10.1. The normalized spacial score (nSPS) is 16.1. The molecule has 1 aliphatic carbocycles. The summed E-state index contributed by atoms with van der Waals surface area (Å²) in [4.78, 5) is 12.0. The number of carbonyl (C=O) groups is 1. The molecule has 0 bridgehead atoms. The summed E-state index contributed by atoms with van der Waals surface area (Å²) in [6.07, 6.45) is 1.44. The zero-order chi connectivity index (χ0) is 22.6. The molecule has 0 N–H and O–H groups in total. The number of esters is 1. The molecule has 6 heteroatoms. The molecule has 1 atom stereocenters. The van der Waals surface area contributed by atoms with Crippen molar-refractivity contribution in [2.45, 2.75) is 58.4 Å². The average molecular weight is 445 g/mol. The third kappa shape index (κ3) is 6.17. The second-order valence-electron chi connectivity index (χ2n) is 9.82. The number of hydrogen-bond acceptors (Lipinski definition) is 4. The molecule has 2 aromatic rings. The fourth-order valence-corrected chi connectivity index (χ4v) is 4.50. The standard InChI is InChI=1S/C25H33FO4Si/c1-25(2,3)31(4,5)30-16-19-11-20-13-21(14-23(26)22(20)12-19)28-17-24(27)29-15-18-9-7-6-8-10-18/h6-10,13-14,19H,11-12,15-17H2,1-5H3. The molecule has 0 amide bonds. The van der Waals surface area contributed by atoms with E-state index in [1.165, 1.54) is 6.07 Å². The Kier molecular flexibility index (Phi) is 7.22. The van der Waals surface area contributed by atoms with Crippen LogP contribution in [0, 0.1) is 11.7 Å². The fraction of sp³-hybridized carbons (Fsp3) is 0.480. The highest BCUT2D eigenvalue weighted by Gasteiger charge is 2.38. The topological polar surface area (TPSA) is 44.8 Å². The predicted octanol–water partition coefficient (Wildman–Crippen LogP) is 5.68. The quantitative estimate of drug-likeness (QED) is 0.388. The van der Waals surface area contributed by atoms with Gasteiger partial charge in [0, 0.05) is 12.7 Å².